The maximum Gasteiger partial charge on any atom is 0.263 e. The standard InChI is InChI=1S/C18H23N5O4/c1-12-15(21-27-20-12)10-22(2)17(25)14-8-5-9-23(18(14)26)11-16(24)19-13-6-3-4-7-13/h5,8-9,13H,3-4,6-7,10-11H2,1-2H3,(H,19,24). The summed E-state index contributed by atoms with van der Waals surface area (Å²) in [5, 5.41) is 10.4. The van der Waals surface area contributed by atoms with Gasteiger partial charge in [-0.1, -0.05) is 23.2 Å². The summed E-state index contributed by atoms with van der Waals surface area (Å²) < 4.78 is 5.88. The molecule has 0 radical (unpaired) electrons. The first-order chi connectivity index (χ1) is 13.0. The molecule has 27 heavy (non-hydrogen) atoms. The van der Waals surface area contributed by atoms with Crippen molar-refractivity contribution in [3.05, 3.63) is 45.6 Å². The van der Waals surface area contributed by atoms with Crippen molar-refractivity contribution in [3.63, 3.8) is 0 Å². The molecule has 1 aliphatic rings. The molecule has 0 bridgehead atoms. The molecule has 9 heteroatoms. The number of rotatable bonds is 6. The minimum absolute atomic E-state index is 0.00257. The third-order valence-electron chi connectivity index (χ3n) is 4.76. The molecule has 0 saturated heterocycles. The van der Waals surface area contributed by atoms with Crippen molar-refractivity contribution in [3.8, 4) is 0 Å². The smallest absolute Gasteiger partial charge is 0.263 e. The highest BCUT2D eigenvalue weighted by atomic mass is 16.6. The molecule has 1 N–H and O–H groups in total. The zero-order chi connectivity index (χ0) is 19.4. The van der Waals surface area contributed by atoms with Gasteiger partial charge in [-0.15, -0.1) is 0 Å². The van der Waals surface area contributed by atoms with Crippen LogP contribution in [0.4, 0.5) is 0 Å². The molecule has 1 aliphatic carbocycles. The van der Waals surface area contributed by atoms with E-state index in [2.05, 4.69) is 20.3 Å². The predicted octanol–water partition coefficient (Wildman–Crippen LogP) is 0.871. The van der Waals surface area contributed by atoms with Crippen LogP contribution in [0.1, 0.15) is 47.4 Å². The summed E-state index contributed by atoms with van der Waals surface area (Å²) in [6, 6.07) is 3.23. The Morgan fingerprint density at radius 2 is 2.07 bits per heavy atom. The number of hydrogen-bond acceptors (Lipinski definition) is 6. The van der Waals surface area contributed by atoms with E-state index in [0.29, 0.717) is 11.4 Å². The van der Waals surface area contributed by atoms with Gasteiger partial charge in [0.1, 0.15) is 23.5 Å². The lowest BCUT2D eigenvalue weighted by Crippen LogP contribution is -2.39. The Hall–Kier alpha value is -2.97. The Labute approximate surface area is 156 Å². The molecule has 1 saturated carbocycles. The fraction of sp³-hybridized carbons (Fsp3) is 0.500. The molecule has 9 nitrogen and oxygen atoms in total. The molecule has 0 aromatic carbocycles. The molecular weight excluding hydrogens is 350 g/mol. The van der Waals surface area contributed by atoms with Crippen LogP contribution >= 0.6 is 0 Å². The zero-order valence-electron chi connectivity index (χ0n) is 15.5. The van der Waals surface area contributed by atoms with Gasteiger partial charge in [-0.25, -0.2) is 4.63 Å². The second kappa shape index (κ2) is 8.15. The van der Waals surface area contributed by atoms with Crippen molar-refractivity contribution in [2.45, 2.75) is 51.7 Å². The van der Waals surface area contributed by atoms with Gasteiger partial charge in [0.25, 0.3) is 11.5 Å². The molecule has 1 fully saturated rings. The summed E-state index contributed by atoms with van der Waals surface area (Å²) in [6.45, 7) is 1.79. The van der Waals surface area contributed by atoms with Crippen LogP contribution in [0.3, 0.4) is 0 Å². The van der Waals surface area contributed by atoms with E-state index in [0.717, 1.165) is 25.7 Å². The van der Waals surface area contributed by atoms with Gasteiger partial charge in [0, 0.05) is 19.3 Å². The number of nitrogens with zero attached hydrogens (tertiary/aromatic N) is 4. The normalized spacial score (nSPS) is 14.3. The average molecular weight is 373 g/mol. The Bertz CT molecular complexity index is 882. The van der Waals surface area contributed by atoms with Gasteiger partial charge in [0.2, 0.25) is 5.91 Å². The van der Waals surface area contributed by atoms with Crippen LogP contribution in [0.25, 0.3) is 0 Å². The third kappa shape index (κ3) is 4.42. The summed E-state index contributed by atoms with van der Waals surface area (Å²) in [4.78, 5) is 38.9. The number of pyridine rings is 1. The highest BCUT2D eigenvalue weighted by Crippen LogP contribution is 2.17. The molecule has 2 amide bonds. The van der Waals surface area contributed by atoms with E-state index in [4.69, 9.17) is 0 Å². The van der Waals surface area contributed by atoms with E-state index >= 15 is 0 Å². The third-order valence-corrected chi connectivity index (χ3v) is 4.76. The number of aromatic nitrogens is 3. The second-order valence-electron chi connectivity index (χ2n) is 6.86. The first-order valence-electron chi connectivity index (χ1n) is 8.98. The van der Waals surface area contributed by atoms with E-state index in [1.807, 2.05) is 0 Å². The van der Waals surface area contributed by atoms with Crippen LogP contribution in [-0.4, -0.2) is 44.7 Å². The number of carbonyl (C=O) groups is 2. The second-order valence-corrected chi connectivity index (χ2v) is 6.86. The summed E-state index contributed by atoms with van der Waals surface area (Å²) in [7, 11) is 1.57. The van der Waals surface area contributed by atoms with Crippen LogP contribution in [0, 0.1) is 6.92 Å². The number of nitrogens with one attached hydrogen (secondary N) is 1. The highest BCUT2D eigenvalue weighted by Gasteiger charge is 2.21. The van der Waals surface area contributed by atoms with E-state index in [1.165, 1.54) is 21.7 Å². The number of hydrogen-bond donors (Lipinski definition) is 1. The molecule has 2 aromatic heterocycles. The Morgan fingerprint density at radius 3 is 2.74 bits per heavy atom. The van der Waals surface area contributed by atoms with Crippen molar-refractivity contribution in [2.75, 3.05) is 7.05 Å². The number of amides is 2. The molecule has 144 valence electrons. The Kier molecular flexibility index (Phi) is 5.68. The summed E-state index contributed by atoms with van der Waals surface area (Å²) in [5.74, 6) is -0.667. The molecule has 0 unspecified atom stereocenters. The summed E-state index contributed by atoms with van der Waals surface area (Å²) >= 11 is 0. The zero-order valence-corrected chi connectivity index (χ0v) is 15.5. The molecule has 3 rings (SSSR count). The largest absolute Gasteiger partial charge is 0.352 e. The summed E-state index contributed by atoms with van der Waals surface area (Å²) in [6.07, 6.45) is 5.68. The molecular formula is C18H23N5O4. The van der Waals surface area contributed by atoms with E-state index < -0.39 is 11.5 Å². The lowest BCUT2D eigenvalue weighted by molar-refractivity contribution is -0.122. The summed E-state index contributed by atoms with van der Waals surface area (Å²) in [5.41, 5.74) is 0.621. The molecule has 0 aliphatic heterocycles. The molecule has 0 atom stereocenters. The van der Waals surface area contributed by atoms with E-state index in [9.17, 15) is 14.4 Å². The minimum atomic E-state index is -0.495. The van der Waals surface area contributed by atoms with Crippen molar-refractivity contribution < 1.29 is 14.2 Å². The quantitative estimate of drug-likeness (QED) is 0.804. The monoisotopic (exact) mass is 373 g/mol. The fourth-order valence-electron chi connectivity index (χ4n) is 3.22. The molecule has 2 aromatic rings. The maximum absolute atomic E-state index is 12.7. The van der Waals surface area contributed by atoms with Crippen molar-refractivity contribution in [1.82, 2.24) is 25.1 Å². The van der Waals surface area contributed by atoms with Crippen molar-refractivity contribution >= 4 is 11.8 Å². The van der Waals surface area contributed by atoms with Gasteiger partial charge in [-0.3, -0.25) is 14.4 Å². The van der Waals surface area contributed by atoms with Crippen molar-refractivity contribution in [1.29, 1.82) is 0 Å². The lowest BCUT2D eigenvalue weighted by atomic mass is 10.2. The van der Waals surface area contributed by atoms with Gasteiger partial charge in [-0.2, -0.15) is 0 Å². The van der Waals surface area contributed by atoms with Gasteiger partial charge in [0.15, 0.2) is 0 Å². The van der Waals surface area contributed by atoms with Crippen LogP contribution in [-0.2, 0) is 17.9 Å². The lowest BCUT2D eigenvalue weighted by Gasteiger charge is -2.16. The van der Waals surface area contributed by atoms with Crippen LogP contribution in [0.5, 0.6) is 0 Å². The van der Waals surface area contributed by atoms with E-state index in [-0.39, 0.29) is 30.6 Å². The van der Waals surface area contributed by atoms with Gasteiger partial charge >= 0.3 is 0 Å². The van der Waals surface area contributed by atoms with Crippen LogP contribution in [0.2, 0.25) is 0 Å². The average Bonchev–Trinajstić information content (AvgIpc) is 3.28. The SMILES string of the molecule is Cc1nonc1CN(C)C(=O)c1cccn(CC(=O)NC2CCCC2)c1=O. The van der Waals surface area contributed by atoms with Crippen LogP contribution in [0.15, 0.2) is 27.8 Å². The van der Waals surface area contributed by atoms with E-state index in [1.54, 1.807) is 20.0 Å². The van der Waals surface area contributed by atoms with Gasteiger partial charge in [0.05, 0.1) is 6.54 Å². The topological polar surface area (TPSA) is 110 Å². The van der Waals surface area contributed by atoms with Gasteiger partial charge in [-0.05, 0) is 31.9 Å². The Balaban J connectivity index is 1.69. The number of aryl methyl sites for hydroxylation is 1. The first kappa shape index (κ1) is 18.8. The maximum atomic E-state index is 12.7. The number of carbonyl (C=O) groups excluding carboxylic acids is 2. The minimum Gasteiger partial charge on any atom is -0.352 e. The first-order valence-corrected chi connectivity index (χ1v) is 8.98. The molecule has 2 heterocycles. The fourth-order valence-corrected chi connectivity index (χ4v) is 3.22. The van der Waals surface area contributed by atoms with Crippen molar-refractivity contribution in [2.24, 2.45) is 0 Å². The highest BCUT2D eigenvalue weighted by molar-refractivity contribution is 5.93. The predicted molar refractivity (Wildman–Crippen MR) is 95.9 cm³/mol. The van der Waals surface area contributed by atoms with Gasteiger partial charge < -0.3 is 14.8 Å². The Morgan fingerprint density at radius 1 is 1.33 bits per heavy atom. The van der Waals surface area contributed by atoms with Crippen LogP contribution < -0.4 is 10.9 Å². The molecule has 0 spiro atoms.